The van der Waals surface area contributed by atoms with Crippen molar-refractivity contribution in [1.29, 1.82) is 0 Å². The molecule has 2 aliphatic rings. The number of carbonyl (C=O) groups is 3. The molecule has 3 amide bonds. The van der Waals surface area contributed by atoms with Crippen LogP contribution in [0, 0.1) is 0 Å². The van der Waals surface area contributed by atoms with Crippen molar-refractivity contribution in [3.05, 3.63) is 0 Å². The van der Waals surface area contributed by atoms with E-state index in [1.54, 1.807) is 0 Å². The molecule has 2 heterocycles. The lowest BCUT2D eigenvalue weighted by molar-refractivity contribution is -0.168. The number of alkyl carbamates (subject to hydrolysis) is 2. The maximum Gasteiger partial charge on any atom is 0.501 e. The third kappa shape index (κ3) is 24.9. The maximum atomic E-state index is 11.7. The van der Waals surface area contributed by atoms with Crippen LogP contribution in [0.1, 0.15) is 71.1 Å². The Morgan fingerprint density at radius 2 is 1.26 bits per heavy atom. The van der Waals surface area contributed by atoms with Crippen LogP contribution in [0.2, 0.25) is 18.1 Å². The van der Waals surface area contributed by atoms with E-state index in [9.17, 15) is 19.5 Å². The van der Waals surface area contributed by atoms with Crippen LogP contribution in [-0.2, 0) is 54.7 Å². The molecule has 0 aromatic heterocycles. The number of ether oxygens (including phenoxy) is 5. The van der Waals surface area contributed by atoms with E-state index in [4.69, 9.17) is 70.6 Å². The summed E-state index contributed by atoms with van der Waals surface area (Å²) >= 11 is 0. The van der Waals surface area contributed by atoms with Gasteiger partial charge in [0.05, 0.1) is 26.4 Å². The number of primary amides is 1. The predicted octanol–water partition coefficient (Wildman–Crippen LogP) is 1.01. The molecule has 24 heteroatoms. The summed E-state index contributed by atoms with van der Waals surface area (Å²) in [6.07, 6.45) is 1.69. The lowest BCUT2D eigenvalue weighted by Crippen LogP contribution is -2.50. The average molecular weight is 892 g/mol. The molecule has 0 bridgehead atoms. The van der Waals surface area contributed by atoms with Crippen LogP contribution in [-0.4, -0.2) is 172 Å². The number of aliphatic hydroxyl groups excluding tert-OH is 3. The summed E-state index contributed by atoms with van der Waals surface area (Å²) in [6, 6.07) is 1.81. The number of rotatable bonds is 34. The summed E-state index contributed by atoms with van der Waals surface area (Å²) in [6.45, 7) is 5.16. The Kier molecular flexibility index (Phi) is 29.4. The number of nitrogens with one attached hydrogen (secondary N) is 2. The molecular formula is C34H69N3O18Si3. The molecule has 0 saturated carbocycles. The first-order chi connectivity index (χ1) is 28.1. The number of hydrogen-bond donors (Lipinski definition) is 6. The summed E-state index contributed by atoms with van der Waals surface area (Å²) in [4.78, 5) is 34.5. The number of carbonyl (C=O) groups excluding carboxylic acids is 3. The quantitative estimate of drug-likeness (QED) is 0.0228. The summed E-state index contributed by atoms with van der Waals surface area (Å²) in [5.41, 5.74) is 5.18. The zero-order chi connectivity index (χ0) is 42.2. The van der Waals surface area contributed by atoms with Crippen LogP contribution in [0.5, 0.6) is 0 Å². The van der Waals surface area contributed by atoms with Gasteiger partial charge >= 0.3 is 35.9 Å². The highest BCUT2D eigenvalue weighted by Gasteiger charge is 2.43. The number of nitrogens with two attached hydrogens (primary N) is 1. The van der Waals surface area contributed by atoms with E-state index in [1.165, 1.54) is 0 Å². The van der Waals surface area contributed by atoms with E-state index in [1.807, 2.05) is 6.92 Å². The minimum absolute atomic E-state index is 0.0725. The molecule has 3 unspecified atom stereocenters. The van der Waals surface area contributed by atoms with Crippen molar-refractivity contribution < 1.29 is 84.4 Å². The Morgan fingerprint density at radius 3 is 1.74 bits per heavy atom. The highest BCUT2D eigenvalue weighted by atomic mass is 28.4. The smallest absolute Gasteiger partial charge is 0.447 e. The molecule has 340 valence electrons. The minimum Gasteiger partial charge on any atom is -0.447 e. The molecule has 0 aromatic rings. The van der Waals surface area contributed by atoms with Crippen molar-refractivity contribution in [2.75, 3.05) is 92.4 Å². The van der Waals surface area contributed by atoms with Gasteiger partial charge in [-0.2, -0.15) is 0 Å². The lowest BCUT2D eigenvalue weighted by atomic mass is 10.2. The van der Waals surface area contributed by atoms with Gasteiger partial charge in [0.25, 0.3) is 0 Å². The van der Waals surface area contributed by atoms with Crippen LogP contribution in [0.25, 0.3) is 0 Å². The Bertz CT molecular complexity index is 1080. The minimum atomic E-state index is -2.95. The van der Waals surface area contributed by atoms with E-state index in [-0.39, 0.29) is 52.2 Å². The monoisotopic (exact) mass is 891 g/mol. The second-order valence-corrected chi connectivity index (χ2v) is 20.3. The van der Waals surface area contributed by atoms with Crippen LogP contribution in [0.15, 0.2) is 0 Å². The van der Waals surface area contributed by atoms with Crippen molar-refractivity contribution in [1.82, 2.24) is 10.6 Å². The molecule has 2 fully saturated rings. The van der Waals surface area contributed by atoms with Gasteiger partial charge in [0.15, 0.2) is 22.3 Å². The molecule has 2 aliphatic heterocycles. The zero-order valence-corrected chi connectivity index (χ0v) is 37.5. The summed E-state index contributed by atoms with van der Waals surface area (Å²) in [5.74, 6) is 0. The topological polar surface area (TPSA) is 273 Å². The molecule has 2 saturated heterocycles. The molecular weight excluding hydrogens is 823 g/mol. The van der Waals surface area contributed by atoms with Crippen molar-refractivity contribution >= 4 is 45.7 Å². The predicted molar refractivity (Wildman–Crippen MR) is 212 cm³/mol. The third-order valence-electron chi connectivity index (χ3n) is 8.56. The lowest BCUT2D eigenvalue weighted by Gasteiger charge is -2.33. The van der Waals surface area contributed by atoms with Crippen LogP contribution < -0.4 is 16.4 Å². The highest BCUT2D eigenvalue weighted by Crippen LogP contribution is 2.24. The molecule has 21 nitrogen and oxygen atoms in total. The SMILES string of the molecule is CCC(CCC[SiH2]OC(CC(O)OCCCO[Si]1(CCCNC(=O)OCCO)OCCCO1)OCCCO[Si]1(CCCNC(=O)OCCO)OCCCO1)OC(N)=O. The zero-order valence-electron chi connectivity index (χ0n) is 34.1. The Hall–Kier alpha value is -2.02. The van der Waals surface area contributed by atoms with Crippen molar-refractivity contribution in [2.24, 2.45) is 5.73 Å². The van der Waals surface area contributed by atoms with Gasteiger partial charge in [0.2, 0.25) is 0 Å². The molecule has 0 aromatic carbocycles. The molecule has 0 radical (unpaired) electrons. The van der Waals surface area contributed by atoms with Gasteiger partial charge in [-0.25, -0.2) is 14.4 Å². The van der Waals surface area contributed by atoms with Crippen molar-refractivity contribution in [3.63, 3.8) is 0 Å². The molecule has 7 N–H and O–H groups in total. The van der Waals surface area contributed by atoms with Crippen molar-refractivity contribution in [2.45, 2.75) is 108 Å². The Morgan fingerprint density at radius 1 is 0.741 bits per heavy atom. The summed E-state index contributed by atoms with van der Waals surface area (Å²) < 4.78 is 68.9. The van der Waals surface area contributed by atoms with Gasteiger partial charge in [-0.05, 0) is 57.4 Å². The van der Waals surface area contributed by atoms with Gasteiger partial charge in [-0.1, -0.05) is 13.3 Å². The van der Waals surface area contributed by atoms with Gasteiger partial charge in [-0.15, -0.1) is 0 Å². The number of amides is 3. The second kappa shape index (κ2) is 32.7. The molecule has 3 atom stereocenters. The van der Waals surface area contributed by atoms with E-state index in [0.29, 0.717) is 103 Å². The normalized spacial score (nSPS) is 18.0. The third-order valence-corrected chi connectivity index (χ3v) is 15.8. The first kappa shape index (κ1) is 52.1. The van der Waals surface area contributed by atoms with Gasteiger partial charge in [0, 0.05) is 71.2 Å². The van der Waals surface area contributed by atoms with Crippen LogP contribution in [0.4, 0.5) is 14.4 Å². The highest BCUT2D eigenvalue weighted by molar-refractivity contribution is 6.61. The van der Waals surface area contributed by atoms with Crippen LogP contribution >= 0.6 is 0 Å². The van der Waals surface area contributed by atoms with Gasteiger partial charge in [-0.3, -0.25) is 0 Å². The van der Waals surface area contributed by atoms with E-state index >= 15 is 0 Å². The Balaban J connectivity index is 1.80. The largest absolute Gasteiger partial charge is 0.501 e. The van der Waals surface area contributed by atoms with E-state index in [0.717, 1.165) is 25.3 Å². The average Bonchev–Trinajstić information content (AvgIpc) is 3.22. The summed E-state index contributed by atoms with van der Waals surface area (Å²) in [5, 5.41) is 33.6. The fourth-order valence-electron chi connectivity index (χ4n) is 5.70. The first-order valence-electron chi connectivity index (χ1n) is 20.5. The first-order valence-corrected chi connectivity index (χ1v) is 25.9. The van der Waals surface area contributed by atoms with Gasteiger partial charge in [0.1, 0.15) is 19.3 Å². The van der Waals surface area contributed by atoms with Crippen LogP contribution in [0.3, 0.4) is 0 Å². The maximum absolute atomic E-state index is 11.7. The standard InChI is InChI=1S/C34H69N3O18Si3/c1-2-29(54-32(35)41)10-3-25-56-55-31(45-16-7-18-49-58(52-21-9-22-53-58)27-5-12-37-34(43)47-24-14-39)28-30(40)44-15-6-17-48-57(50-19-8-20-51-57)26-4-11-36-33(42)46-23-13-38/h29-31,38-40H,2-28,56H2,1H3,(H2,35,41)(H,36,42)(H,37,43). The molecule has 58 heavy (non-hydrogen) atoms. The summed E-state index contributed by atoms with van der Waals surface area (Å²) in [7, 11) is -6.97. The number of hydrogen-bond acceptors (Lipinski definition) is 18. The second-order valence-electron chi connectivity index (χ2n) is 13.3. The van der Waals surface area contributed by atoms with E-state index in [2.05, 4.69) is 10.6 Å². The molecule has 0 aliphatic carbocycles. The fourth-order valence-corrected chi connectivity index (χ4v) is 12.2. The Labute approximate surface area is 346 Å². The molecule has 2 rings (SSSR count). The number of aliphatic hydroxyl groups is 3. The van der Waals surface area contributed by atoms with Gasteiger partial charge < -0.3 is 86.4 Å². The molecule has 0 spiro atoms. The van der Waals surface area contributed by atoms with Crippen molar-refractivity contribution in [3.8, 4) is 0 Å². The fraction of sp³-hybridized carbons (Fsp3) is 0.912. The van der Waals surface area contributed by atoms with E-state index < -0.39 is 58.2 Å².